The summed E-state index contributed by atoms with van der Waals surface area (Å²) in [6, 6.07) is 2.46. The van der Waals surface area contributed by atoms with Gasteiger partial charge in [0.1, 0.15) is 11.5 Å². The van der Waals surface area contributed by atoms with Gasteiger partial charge in [0.25, 0.3) is 0 Å². The maximum absolute atomic E-state index is 5.41. The molecule has 3 rings (SSSR count). The van der Waals surface area contributed by atoms with E-state index in [1.54, 1.807) is 6.08 Å². The average Bonchev–Trinajstić information content (AvgIpc) is 2.88. The van der Waals surface area contributed by atoms with Gasteiger partial charge in [-0.3, -0.25) is 0 Å². The van der Waals surface area contributed by atoms with Crippen LogP contribution in [0.3, 0.4) is 0 Å². The number of aromatic nitrogens is 3. The Labute approximate surface area is 136 Å². The van der Waals surface area contributed by atoms with E-state index in [4.69, 9.17) is 4.74 Å². The second-order valence-electron chi connectivity index (χ2n) is 5.26. The molecular weight excluding hydrogens is 302 g/mol. The molecule has 2 N–H and O–H groups in total. The predicted molar refractivity (Wildman–Crippen MR) is 91.9 cm³/mol. The molecule has 2 aromatic rings. The first-order valence-electron chi connectivity index (χ1n) is 7.30. The molecule has 6 nitrogen and oxygen atoms in total. The monoisotopic (exact) mass is 323 g/mol. The van der Waals surface area contributed by atoms with Crippen molar-refractivity contribution in [1.29, 1.82) is 0 Å². The summed E-state index contributed by atoms with van der Waals surface area (Å²) >= 11 is 0. The predicted octanol–water partition coefficient (Wildman–Crippen LogP) is 2.58. The lowest BCUT2D eigenvalue weighted by Crippen LogP contribution is -2.28. The Morgan fingerprint density at radius 3 is 2.91 bits per heavy atom. The van der Waals surface area contributed by atoms with Gasteiger partial charge in [-0.25, -0.2) is 0 Å². The van der Waals surface area contributed by atoms with Gasteiger partial charge in [-0.2, -0.15) is 9.97 Å². The fourth-order valence-electron chi connectivity index (χ4n) is 2.52. The smallest absolute Gasteiger partial charge is 0.226 e. The zero-order chi connectivity index (χ0) is 14.7. The molecule has 2 aromatic heterocycles. The van der Waals surface area contributed by atoms with Crippen LogP contribution in [-0.4, -0.2) is 40.3 Å². The molecule has 0 atom stereocenters. The first-order valence-corrected chi connectivity index (χ1v) is 7.30. The number of nitrogens with zero attached hydrogens (tertiary/aromatic N) is 3. The fraction of sp³-hybridized carbons (Fsp3) is 0.467. The highest BCUT2D eigenvalue weighted by atomic mass is 35.5. The molecule has 120 valence electrons. The van der Waals surface area contributed by atoms with Crippen LogP contribution >= 0.6 is 12.4 Å². The standard InChI is InChI=1S/C15H21N5O.ClH/c1-3-7-16-15-18-13(17-11-5-9-21-10-6-11)12-4-8-20(2)14(12)19-15;/h3-4,8,11H,1,5-7,9-10H2,2H3,(H2,16,17,18,19);1H. The van der Waals surface area contributed by atoms with E-state index in [-0.39, 0.29) is 12.4 Å². The molecule has 1 fully saturated rings. The van der Waals surface area contributed by atoms with Crippen LogP contribution in [0.15, 0.2) is 24.9 Å². The largest absolute Gasteiger partial charge is 0.381 e. The van der Waals surface area contributed by atoms with E-state index in [1.165, 1.54) is 0 Å². The minimum absolute atomic E-state index is 0. The van der Waals surface area contributed by atoms with Gasteiger partial charge in [0, 0.05) is 39.0 Å². The summed E-state index contributed by atoms with van der Waals surface area (Å²) in [5.74, 6) is 1.51. The van der Waals surface area contributed by atoms with Crippen LogP contribution in [0.1, 0.15) is 12.8 Å². The van der Waals surface area contributed by atoms with Crippen molar-refractivity contribution in [2.24, 2.45) is 7.05 Å². The molecule has 1 saturated heterocycles. The van der Waals surface area contributed by atoms with E-state index in [0.717, 1.165) is 42.9 Å². The van der Waals surface area contributed by atoms with Gasteiger partial charge in [-0.05, 0) is 18.9 Å². The molecule has 0 unspecified atom stereocenters. The maximum atomic E-state index is 5.41. The van der Waals surface area contributed by atoms with Crippen molar-refractivity contribution in [3.63, 3.8) is 0 Å². The Bertz CT molecular complexity index is 636. The van der Waals surface area contributed by atoms with Gasteiger partial charge in [0.15, 0.2) is 0 Å². The summed E-state index contributed by atoms with van der Waals surface area (Å²) in [6.07, 6.45) is 5.82. The summed E-state index contributed by atoms with van der Waals surface area (Å²) in [7, 11) is 1.99. The van der Waals surface area contributed by atoms with E-state index < -0.39 is 0 Å². The van der Waals surface area contributed by atoms with Crippen LogP contribution in [-0.2, 0) is 11.8 Å². The zero-order valence-electron chi connectivity index (χ0n) is 12.7. The van der Waals surface area contributed by atoms with Crippen LogP contribution in [0.5, 0.6) is 0 Å². The van der Waals surface area contributed by atoms with Crippen LogP contribution in [0.2, 0.25) is 0 Å². The molecule has 0 saturated carbocycles. The summed E-state index contributed by atoms with van der Waals surface area (Å²) in [6.45, 7) is 5.97. The number of nitrogens with one attached hydrogen (secondary N) is 2. The molecule has 1 aliphatic heterocycles. The molecule has 0 radical (unpaired) electrons. The number of halogens is 1. The lowest BCUT2D eigenvalue weighted by atomic mass is 10.1. The number of ether oxygens (including phenoxy) is 1. The van der Waals surface area contributed by atoms with Crippen LogP contribution in [0.4, 0.5) is 11.8 Å². The van der Waals surface area contributed by atoms with Gasteiger partial charge in [0.05, 0.1) is 5.39 Å². The Morgan fingerprint density at radius 2 is 2.18 bits per heavy atom. The number of fused-ring (bicyclic) bond motifs is 1. The normalized spacial score (nSPS) is 15.3. The third-order valence-electron chi connectivity index (χ3n) is 3.69. The highest BCUT2D eigenvalue weighted by molar-refractivity contribution is 5.88. The van der Waals surface area contributed by atoms with Crippen molar-refractivity contribution in [1.82, 2.24) is 14.5 Å². The van der Waals surface area contributed by atoms with E-state index in [1.807, 2.05) is 23.9 Å². The van der Waals surface area contributed by atoms with Crippen molar-refractivity contribution in [2.75, 3.05) is 30.4 Å². The first-order chi connectivity index (χ1) is 10.3. The van der Waals surface area contributed by atoms with Gasteiger partial charge < -0.3 is 19.9 Å². The molecule has 0 spiro atoms. The minimum atomic E-state index is 0. The molecule has 0 aromatic carbocycles. The molecule has 0 amide bonds. The number of hydrogen-bond donors (Lipinski definition) is 2. The van der Waals surface area contributed by atoms with Crippen molar-refractivity contribution in [3.8, 4) is 0 Å². The van der Waals surface area contributed by atoms with Gasteiger partial charge >= 0.3 is 0 Å². The highest BCUT2D eigenvalue weighted by Gasteiger charge is 2.17. The number of rotatable bonds is 5. The topological polar surface area (TPSA) is 64.0 Å². The number of aryl methyl sites for hydroxylation is 1. The molecule has 0 aliphatic carbocycles. The third-order valence-corrected chi connectivity index (χ3v) is 3.69. The Kier molecular flexibility index (Phi) is 5.63. The molecule has 7 heteroatoms. The maximum Gasteiger partial charge on any atom is 0.226 e. The number of anilines is 2. The van der Waals surface area contributed by atoms with Crippen molar-refractivity contribution < 1.29 is 4.74 Å². The second-order valence-corrected chi connectivity index (χ2v) is 5.26. The van der Waals surface area contributed by atoms with E-state index >= 15 is 0 Å². The lowest BCUT2D eigenvalue weighted by Gasteiger charge is -2.24. The zero-order valence-corrected chi connectivity index (χ0v) is 13.5. The molecule has 22 heavy (non-hydrogen) atoms. The van der Waals surface area contributed by atoms with Crippen molar-refractivity contribution in [2.45, 2.75) is 18.9 Å². The highest BCUT2D eigenvalue weighted by Crippen LogP contribution is 2.24. The van der Waals surface area contributed by atoms with Crippen molar-refractivity contribution in [3.05, 3.63) is 24.9 Å². The van der Waals surface area contributed by atoms with Gasteiger partial charge in [-0.1, -0.05) is 6.08 Å². The van der Waals surface area contributed by atoms with E-state index in [9.17, 15) is 0 Å². The summed E-state index contributed by atoms with van der Waals surface area (Å²) in [5.41, 5.74) is 0.922. The molecule has 0 bridgehead atoms. The summed E-state index contributed by atoms with van der Waals surface area (Å²) in [4.78, 5) is 9.16. The fourth-order valence-corrected chi connectivity index (χ4v) is 2.52. The first kappa shape index (κ1) is 16.6. The SMILES string of the molecule is C=CCNc1nc(NC2CCOCC2)c2ccn(C)c2n1.Cl. The molecular formula is C15H22ClN5O. The van der Waals surface area contributed by atoms with Crippen LogP contribution in [0.25, 0.3) is 11.0 Å². The molecule has 3 heterocycles. The Balaban J connectivity index is 0.00000176. The lowest BCUT2D eigenvalue weighted by molar-refractivity contribution is 0.0904. The van der Waals surface area contributed by atoms with Crippen LogP contribution in [0, 0.1) is 0 Å². The van der Waals surface area contributed by atoms with E-state index in [2.05, 4.69) is 27.2 Å². The average molecular weight is 324 g/mol. The van der Waals surface area contributed by atoms with Crippen molar-refractivity contribution >= 4 is 35.2 Å². The summed E-state index contributed by atoms with van der Waals surface area (Å²) < 4.78 is 7.41. The van der Waals surface area contributed by atoms with Crippen LogP contribution < -0.4 is 10.6 Å². The Hall–Kier alpha value is -1.79. The van der Waals surface area contributed by atoms with Gasteiger partial charge in [-0.15, -0.1) is 19.0 Å². The van der Waals surface area contributed by atoms with Gasteiger partial charge in [0.2, 0.25) is 5.95 Å². The van der Waals surface area contributed by atoms with E-state index in [0.29, 0.717) is 18.5 Å². The Morgan fingerprint density at radius 1 is 1.41 bits per heavy atom. The summed E-state index contributed by atoms with van der Waals surface area (Å²) in [5, 5.41) is 7.76. The number of hydrogen-bond acceptors (Lipinski definition) is 5. The quantitative estimate of drug-likeness (QED) is 0.828. The third kappa shape index (κ3) is 3.51. The molecule has 1 aliphatic rings. The second kappa shape index (κ2) is 7.47. The minimum Gasteiger partial charge on any atom is -0.381 e.